The van der Waals surface area contributed by atoms with E-state index in [2.05, 4.69) is 10.7 Å². The van der Waals surface area contributed by atoms with Gasteiger partial charge >= 0.3 is 5.97 Å². The van der Waals surface area contributed by atoms with Crippen molar-refractivity contribution in [3.05, 3.63) is 30.1 Å². The van der Waals surface area contributed by atoms with E-state index in [4.69, 9.17) is 4.74 Å². The van der Waals surface area contributed by atoms with E-state index in [1.54, 1.807) is 13.1 Å². The van der Waals surface area contributed by atoms with E-state index in [-0.39, 0.29) is 24.4 Å². The molecular formula is C10H15ClN2O2. The largest absolute Gasteiger partial charge is 1.00 e. The summed E-state index contributed by atoms with van der Waals surface area (Å²) in [6.45, 7) is 2.18. The van der Waals surface area contributed by atoms with Gasteiger partial charge in [0.1, 0.15) is 0 Å². The zero-order valence-corrected chi connectivity index (χ0v) is 9.41. The molecule has 0 fully saturated rings. The van der Waals surface area contributed by atoms with Crippen molar-refractivity contribution < 1.29 is 27.7 Å². The summed E-state index contributed by atoms with van der Waals surface area (Å²) in [5, 5.41) is 0. The monoisotopic (exact) mass is 230 g/mol. The fraction of sp³-hybridized carbons (Fsp3) is 0.400. The van der Waals surface area contributed by atoms with Crippen LogP contribution in [-0.2, 0) is 16.0 Å². The van der Waals surface area contributed by atoms with Gasteiger partial charge in [-0.1, -0.05) is 6.07 Å². The summed E-state index contributed by atoms with van der Waals surface area (Å²) in [6.07, 6.45) is 2.23. The van der Waals surface area contributed by atoms with Gasteiger partial charge in [-0.3, -0.25) is 4.98 Å². The summed E-state index contributed by atoms with van der Waals surface area (Å²) in [7, 11) is 0. The van der Waals surface area contributed by atoms with Crippen LogP contribution in [0.15, 0.2) is 24.4 Å². The molecule has 0 radical (unpaired) electrons. The highest BCUT2D eigenvalue weighted by molar-refractivity contribution is 5.74. The molecule has 0 saturated carbocycles. The highest BCUT2D eigenvalue weighted by Crippen LogP contribution is 1.97. The van der Waals surface area contributed by atoms with E-state index < -0.39 is 0 Å². The Bertz CT molecular complexity index is 293. The van der Waals surface area contributed by atoms with E-state index in [1.165, 1.54) is 0 Å². The van der Waals surface area contributed by atoms with Crippen molar-refractivity contribution >= 4 is 5.97 Å². The average Bonchev–Trinajstić information content (AvgIpc) is 2.19. The molecule has 1 atom stereocenters. The van der Waals surface area contributed by atoms with Gasteiger partial charge in [0.05, 0.1) is 13.0 Å². The quantitative estimate of drug-likeness (QED) is 0.554. The maximum atomic E-state index is 11.2. The highest BCUT2D eigenvalue weighted by atomic mass is 35.5. The van der Waals surface area contributed by atoms with Crippen molar-refractivity contribution in [3.63, 3.8) is 0 Å². The van der Waals surface area contributed by atoms with E-state index in [0.717, 1.165) is 5.69 Å². The standard InChI is InChI=1S/C10H14N2O2.ClH/c1-2-14-10(13)9(11)7-8-5-3-4-6-12-8;/h3-6,9H,2,7,11H2,1H3;1H. The zero-order valence-electron chi connectivity index (χ0n) is 8.65. The second kappa shape index (κ2) is 7.20. The molecule has 0 spiro atoms. The second-order valence-electron chi connectivity index (χ2n) is 2.97. The molecule has 15 heavy (non-hydrogen) atoms. The number of carbonyl (C=O) groups excluding carboxylic acids is 1. The smallest absolute Gasteiger partial charge is 0.365 e. The number of hydrogen-bond acceptors (Lipinski definition) is 3. The van der Waals surface area contributed by atoms with Crippen LogP contribution in [0.3, 0.4) is 0 Å². The molecular weight excluding hydrogens is 216 g/mol. The molecule has 4 nitrogen and oxygen atoms in total. The lowest BCUT2D eigenvalue weighted by Crippen LogP contribution is -3.00. The predicted molar refractivity (Wildman–Crippen MR) is 51.3 cm³/mol. The predicted octanol–water partition coefficient (Wildman–Crippen LogP) is -3.20. The molecule has 0 aliphatic carbocycles. The Morgan fingerprint density at radius 2 is 2.33 bits per heavy atom. The molecule has 1 heterocycles. The summed E-state index contributed by atoms with van der Waals surface area (Å²) >= 11 is 0. The number of halogens is 1. The number of ether oxygens (including phenoxy) is 1. The summed E-state index contributed by atoms with van der Waals surface area (Å²) in [6, 6.07) is 5.23. The van der Waals surface area contributed by atoms with E-state index in [9.17, 15) is 4.79 Å². The van der Waals surface area contributed by atoms with Crippen molar-refractivity contribution in [2.45, 2.75) is 19.4 Å². The molecule has 1 unspecified atom stereocenters. The van der Waals surface area contributed by atoms with Gasteiger partial charge in [-0.25, -0.2) is 4.79 Å². The average molecular weight is 231 g/mol. The van der Waals surface area contributed by atoms with Crippen LogP contribution >= 0.6 is 0 Å². The SMILES string of the molecule is CCOC(=O)C([NH3+])Cc1ccccn1.[Cl-]. The molecule has 0 aliphatic heterocycles. The van der Waals surface area contributed by atoms with Crippen molar-refractivity contribution in [2.75, 3.05) is 6.61 Å². The van der Waals surface area contributed by atoms with Crippen molar-refractivity contribution in [2.24, 2.45) is 0 Å². The first-order valence-corrected chi connectivity index (χ1v) is 4.63. The third kappa shape index (κ3) is 4.76. The number of nitrogens with zero attached hydrogens (tertiary/aromatic N) is 1. The molecule has 0 aromatic carbocycles. The summed E-state index contributed by atoms with van der Waals surface area (Å²) in [5.74, 6) is -0.266. The van der Waals surface area contributed by atoms with Crippen molar-refractivity contribution in [1.29, 1.82) is 0 Å². The summed E-state index contributed by atoms with van der Waals surface area (Å²) in [5.41, 5.74) is 4.60. The number of pyridine rings is 1. The van der Waals surface area contributed by atoms with E-state index in [1.807, 2.05) is 18.2 Å². The number of esters is 1. The third-order valence-corrected chi connectivity index (χ3v) is 1.80. The van der Waals surface area contributed by atoms with Gasteiger partial charge in [0.25, 0.3) is 0 Å². The summed E-state index contributed by atoms with van der Waals surface area (Å²) < 4.78 is 4.85. The lowest BCUT2D eigenvalue weighted by atomic mass is 10.1. The van der Waals surface area contributed by atoms with E-state index in [0.29, 0.717) is 13.0 Å². The van der Waals surface area contributed by atoms with Crippen LogP contribution in [0, 0.1) is 0 Å². The first-order valence-electron chi connectivity index (χ1n) is 4.63. The maximum absolute atomic E-state index is 11.2. The molecule has 1 aromatic heterocycles. The number of carbonyl (C=O) groups is 1. The zero-order chi connectivity index (χ0) is 10.4. The van der Waals surface area contributed by atoms with Crippen LogP contribution in [0.25, 0.3) is 0 Å². The Balaban J connectivity index is 0.00000196. The first-order chi connectivity index (χ1) is 6.74. The van der Waals surface area contributed by atoms with Crippen molar-refractivity contribution in [3.8, 4) is 0 Å². The summed E-state index contributed by atoms with van der Waals surface area (Å²) in [4.78, 5) is 15.3. The van der Waals surface area contributed by atoms with Crippen LogP contribution in [0.2, 0.25) is 0 Å². The third-order valence-electron chi connectivity index (χ3n) is 1.80. The fourth-order valence-corrected chi connectivity index (χ4v) is 1.11. The molecule has 1 rings (SSSR count). The molecule has 84 valence electrons. The second-order valence-corrected chi connectivity index (χ2v) is 2.97. The molecule has 5 heteroatoms. The van der Waals surface area contributed by atoms with Gasteiger partial charge in [-0.2, -0.15) is 0 Å². The topological polar surface area (TPSA) is 66.8 Å². The number of quaternary nitrogens is 1. The van der Waals surface area contributed by atoms with Gasteiger partial charge < -0.3 is 22.9 Å². The van der Waals surface area contributed by atoms with Gasteiger partial charge in [-0.05, 0) is 19.1 Å². The van der Waals surface area contributed by atoms with Crippen molar-refractivity contribution in [1.82, 2.24) is 4.98 Å². The van der Waals surface area contributed by atoms with Crippen LogP contribution in [-0.4, -0.2) is 23.6 Å². The van der Waals surface area contributed by atoms with Crippen LogP contribution in [0.5, 0.6) is 0 Å². The Hall–Kier alpha value is -1.13. The van der Waals surface area contributed by atoms with Gasteiger partial charge in [0, 0.05) is 11.9 Å². The fourth-order valence-electron chi connectivity index (χ4n) is 1.11. The molecule has 0 aliphatic rings. The number of rotatable bonds is 4. The van der Waals surface area contributed by atoms with Gasteiger partial charge in [0.15, 0.2) is 6.04 Å². The Morgan fingerprint density at radius 3 is 2.87 bits per heavy atom. The highest BCUT2D eigenvalue weighted by Gasteiger charge is 2.19. The molecule has 0 bridgehead atoms. The maximum Gasteiger partial charge on any atom is 0.365 e. The van der Waals surface area contributed by atoms with Crippen LogP contribution < -0.4 is 18.1 Å². The van der Waals surface area contributed by atoms with Crippen LogP contribution in [0.4, 0.5) is 0 Å². The number of aromatic nitrogens is 1. The minimum Gasteiger partial charge on any atom is -1.00 e. The Labute approximate surface area is 95.2 Å². The normalized spacial score (nSPS) is 11.3. The van der Waals surface area contributed by atoms with Gasteiger partial charge in [0.2, 0.25) is 0 Å². The molecule has 3 N–H and O–H groups in total. The molecule has 0 saturated heterocycles. The lowest BCUT2D eigenvalue weighted by molar-refractivity contribution is -0.408. The van der Waals surface area contributed by atoms with Crippen LogP contribution in [0.1, 0.15) is 12.6 Å². The molecule has 1 aromatic rings. The minimum atomic E-state index is -0.371. The Morgan fingerprint density at radius 1 is 1.60 bits per heavy atom. The molecule has 0 amide bonds. The van der Waals surface area contributed by atoms with Gasteiger partial charge in [-0.15, -0.1) is 0 Å². The lowest BCUT2D eigenvalue weighted by Gasteiger charge is -2.06. The first kappa shape index (κ1) is 13.9. The van der Waals surface area contributed by atoms with E-state index >= 15 is 0 Å². The minimum absolute atomic E-state index is 0. The Kier molecular flexibility index (Phi) is 6.66. The number of hydrogen-bond donors (Lipinski definition) is 1.